The van der Waals surface area contributed by atoms with Crippen molar-refractivity contribution in [1.82, 2.24) is 5.32 Å². The molecule has 0 aliphatic carbocycles. The van der Waals surface area contributed by atoms with E-state index in [2.05, 4.69) is 19.4 Å². The highest BCUT2D eigenvalue weighted by atomic mass is 16.2. The van der Waals surface area contributed by atoms with Crippen LogP contribution in [0.5, 0.6) is 0 Å². The summed E-state index contributed by atoms with van der Waals surface area (Å²) in [5.41, 5.74) is 0. The number of hydrogen-bond donors (Lipinski definition) is 1. The van der Waals surface area contributed by atoms with Crippen LogP contribution >= 0.6 is 0 Å². The SMILES string of the molecule is C[N+]1(C)CCC(C2CC(=O)NC2=O)CC1. The number of nitrogens with zero attached hydrogens (tertiary/aromatic N) is 1. The highest BCUT2D eigenvalue weighted by Crippen LogP contribution is 2.31. The zero-order valence-corrected chi connectivity index (χ0v) is 9.45. The molecule has 2 fully saturated rings. The van der Waals surface area contributed by atoms with E-state index in [0.29, 0.717) is 12.3 Å². The van der Waals surface area contributed by atoms with Crippen LogP contribution in [0, 0.1) is 11.8 Å². The summed E-state index contributed by atoms with van der Waals surface area (Å²) >= 11 is 0. The Labute approximate surface area is 90.2 Å². The Bertz CT molecular complexity index is 289. The first-order valence-electron chi connectivity index (χ1n) is 5.64. The molecule has 0 aromatic heterocycles. The molecular formula is C11H19N2O2+. The second kappa shape index (κ2) is 3.59. The van der Waals surface area contributed by atoms with Crippen molar-refractivity contribution in [2.24, 2.45) is 11.8 Å². The molecule has 0 spiro atoms. The van der Waals surface area contributed by atoms with Crippen molar-refractivity contribution in [1.29, 1.82) is 0 Å². The number of piperidine rings is 1. The average molecular weight is 211 g/mol. The second-order valence-electron chi connectivity index (χ2n) is 5.44. The summed E-state index contributed by atoms with van der Waals surface area (Å²) in [6.45, 7) is 2.23. The molecule has 2 aliphatic rings. The minimum absolute atomic E-state index is 0.0437. The predicted molar refractivity (Wildman–Crippen MR) is 55.8 cm³/mol. The third kappa shape index (κ3) is 2.20. The van der Waals surface area contributed by atoms with Gasteiger partial charge in [0.2, 0.25) is 11.8 Å². The molecule has 0 saturated carbocycles. The third-order valence-corrected chi connectivity index (χ3v) is 3.78. The van der Waals surface area contributed by atoms with Crippen LogP contribution in [-0.4, -0.2) is 43.5 Å². The van der Waals surface area contributed by atoms with Crippen LogP contribution in [0.3, 0.4) is 0 Å². The van der Waals surface area contributed by atoms with Crippen LogP contribution in [0.1, 0.15) is 19.3 Å². The summed E-state index contributed by atoms with van der Waals surface area (Å²) in [6, 6.07) is 0. The lowest BCUT2D eigenvalue weighted by Gasteiger charge is -2.38. The van der Waals surface area contributed by atoms with Crippen molar-refractivity contribution in [3.8, 4) is 0 Å². The Morgan fingerprint density at radius 3 is 2.27 bits per heavy atom. The fraction of sp³-hybridized carbons (Fsp3) is 0.818. The van der Waals surface area contributed by atoms with Gasteiger partial charge in [-0.1, -0.05) is 0 Å². The Balaban J connectivity index is 1.96. The van der Waals surface area contributed by atoms with Crippen molar-refractivity contribution in [3.05, 3.63) is 0 Å². The minimum Gasteiger partial charge on any atom is -0.328 e. The number of carbonyl (C=O) groups is 2. The van der Waals surface area contributed by atoms with Crippen LogP contribution in [0.2, 0.25) is 0 Å². The van der Waals surface area contributed by atoms with Crippen LogP contribution in [-0.2, 0) is 9.59 Å². The lowest BCUT2D eigenvalue weighted by Crippen LogP contribution is -2.47. The molecule has 0 aromatic carbocycles. The van der Waals surface area contributed by atoms with Gasteiger partial charge < -0.3 is 4.48 Å². The number of quaternary nitrogens is 1. The number of likely N-dealkylation sites (tertiary alicyclic amines) is 1. The molecule has 2 saturated heterocycles. The van der Waals surface area contributed by atoms with Crippen LogP contribution in [0.15, 0.2) is 0 Å². The number of hydrogen-bond acceptors (Lipinski definition) is 2. The molecule has 4 heteroatoms. The molecule has 4 nitrogen and oxygen atoms in total. The van der Waals surface area contributed by atoms with Gasteiger partial charge in [0.1, 0.15) is 0 Å². The monoisotopic (exact) mass is 211 g/mol. The molecule has 1 atom stereocenters. The van der Waals surface area contributed by atoms with E-state index < -0.39 is 0 Å². The molecule has 84 valence electrons. The topological polar surface area (TPSA) is 46.2 Å². The van der Waals surface area contributed by atoms with Gasteiger partial charge in [-0.2, -0.15) is 0 Å². The molecule has 1 N–H and O–H groups in total. The highest BCUT2D eigenvalue weighted by Gasteiger charge is 2.40. The molecule has 0 aromatic rings. The fourth-order valence-electron chi connectivity index (χ4n) is 2.64. The van der Waals surface area contributed by atoms with Crippen molar-refractivity contribution in [3.63, 3.8) is 0 Å². The Morgan fingerprint density at radius 2 is 1.80 bits per heavy atom. The number of rotatable bonds is 1. The van der Waals surface area contributed by atoms with Gasteiger partial charge in [-0.3, -0.25) is 14.9 Å². The number of amides is 2. The normalized spacial score (nSPS) is 31.7. The largest absolute Gasteiger partial charge is 0.328 e. The van der Waals surface area contributed by atoms with Gasteiger partial charge in [0, 0.05) is 19.3 Å². The Kier molecular flexibility index (Phi) is 2.54. The number of imide groups is 1. The van der Waals surface area contributed by atoms with Gasteiger partial charge in [-0.05, 0) is 5.92 Å². The Hall–Kier alpha value is -0.900. The molecule has 15 heavy (non-hydrogen) atoms. The van der Waals surface area contributed by atoms with Gasteiger partial charge in [0.05, 0.1) is 33.1 Å². The van der Waals surface area contributed by atoms with Crippen molar-refractivity contribution >= 4 is 11.8 Å². The van der Waals surface area contributed by atoms with Crippen molar-refractivity contribution in [2.75, 3.05) is 27.2 Å². The lowest BCUT2D eigenvalue weighted by atomic mass is 9.83. The van der Waals surface area contributed by atoms with E-state index in [0.717, 1.165) is 30.4 Å². The zero-order valence-electron chi connectivity index (χ0n) is 9.45. The van der Waals surface area contributed by atoms with E-state index in [-0.39, 0.29) is 17.7 Å². The van der Waals surface area contributed by atoms with Crippen LogP contribution in [0.25, 0.3) is 0 Å². The van der Waals surface area contributed by atoms with E-state index in [4.69, 9.17) is 0 Å². The molecular weight excluding hydrogens is 192 g/mol. The van der Waals surface area contributed by atoms with Gasteiger partial charge in [-0.25, -0.2) is 0 Å². The van der Waals surface area contributed by atoms with Gasteiger partial charge in [-0.15, -0.1) is 0 Å². The quantitative estimate of drug-likeness (QED) is 0.495. The summed E-state index contributed by atoms with van der Waals surface area (Å²) in [4.78, 5) is 22.6. The molecule has 2 aliphatic heterocycles. The summed E-state index contributed by atoms with van der Waals surface area (Å²) in [5.74, 6) is 0.238. The average Bonchev–Trinajstić information content (AvgIpc) is 2.45. The van der Waals surface area contributed by atoms with E-state index in [1.165, 1.54) is 0 Å². The molecule has 2 rings (SSSR count). The predicted octanol–water partition coefficient (Wildman–Crippen LogP) is 0.135. The zero-order chi connectivity index (χ0) is 11.1. The molecule has 0 bridgehead atoms. The van der Waals surface area contributed by atoms with Gasteiger partial charge in [0.15, 0.2) is 0 Å². The first kappa shape index (κ1) is 10.6. The molecule has 2 amide bonds. The molecule has 1 unspecified atom stereocenters. The first-order chi connectivity index (χ1) is 6.98. The Morgan fingerprint density at radius 1 is 1.20 bits per heavy atom. The molecule has 2 heterocycles. The van der Waals surface area contributed by atoms with Crippen LogP contribution in [0.4, 0.5) is 0 Å². The third-order valence-electron chi connectivity index (χ3n) is 3.78. The van der Waals surface area contributed by atoms with Crippen molar-refractivity contribution in [2.45, 2.75) is 19.3 Å². The number of nitrogens with one attached hydrogen (secondary N) is 1. The smallest absolute Gasteiger partial charge is 0.230 e. The number of carbonyl (C=O) groups excluding carboxylic acids is 2. The summed E-state index contributed by atoms with van der Waals surface area (Å²) in [5, 5.41) is 2.40. The van der Waals surface area contributed by atoms with Gasteiger partial charge >= 0.3 is 0 Å². The molecule has 0 radical (unpaired) electrons. The van der Waals surface area contributed by atoms with Gasteiger partial charge in [0.25, 0.3) is 0 Å². The van der Waals surface area contributed by atoms with E-state index in [1.807, 2.05) is 0 Å². The lowest BCUT2D eigenvalue weighted by molar-refractivity contribution is -0.896. The van der Waals surface area contributed by atoms with E-state index in [9.17, 15) is 9.59 Å². The second-order valence-corrected chi connectivity index (χ2v) is 5.44. The summed E-state index contributed by atoms with van der Waals surface area (Å²) in [6.07, 6.45) is 2.55. The summed E-state index contributed by atoms with van der Waals surface area (Å²) < 4.78 is 1.04. The summed E-state index contributed by atoms with van der Waals surface area (Å²) in [7, 11) is 4.44. The first-order valence-corrected chi connectivity index (χ1v) is 5.64. The minimum atomic E-state index is -0.0932. The maximum Gasteiger partial charge on any atom is 0.230 e. The van der Waals surface area contributed by atoms with E-state index in [1.54, 1.807) is 0 Å². The standard InChI is InChI=1S/C11H18N2O2/c1-13(2)5-3-8(4-6-13)9-7-10(14)12-11(9)15/h8-9H,3-7H2,1-2H3/p+1. The van der Waals surface area contributed by atoms with Crippen LogP contribution < -0.4 is 5.32 Å². The highest BCUT2D eigenvalue weighted by molar-refractivity contribution is 6.03. The van der Waals surface area contributed by atoms with Crippen molar-refractivity contribution < 1.29 is 14.1 Å². The maximum absolute atomic E-state index is 11.5. The fourth-order valence-corrected chi connectivity index (χ4v) is 2.64. The van der Waals surface area contributed by atoms with E-state index >= 15 is 0 Å². The maximum atomic E-state index is 11.5.